The molecule has 1 unspecified atom stereocenters. The van der Waals surface area contributed by atoms with Crippen LogP contribution in [0.1, 0.15) is 13.3 Å². The molecule has 1 atom stereocenters. The Bertz CT molecular complexity index is 340. The molecule has 0 aromatic carbocycles. The molecule has 76 valence electrons. The third-order valence-electron chi connectivity index (χ3n) is 1.87. The van der Waals surface area contributed by atoms with Gasteiger partial charge in [0.15, 0.2) is 6.10 Å². The van der Waals surface area contributed by atoms with Gasteiger partial charge in [0.25, 0.3) is 0 Å². The second-order valence-electron chi connectivity index (χ2n) is 2.84. The Hall–Kier alpha value is -1.69. The number of hydrogen-bond acceptors (Lipinski definition) is 5. The number of carboxylic acid groups (broad SMARTS) is 1. The maximum Gasteiger partial charge on any atom is 0.342 e. The minimum Gasteiger partial charge on any atom is -0.479 e. The summed E-state index contributed by atoms with van der Waals surface area (Å²) < 4.78 is 4.21. The van der Waals surface area contributed by atoms with Crippen LogP contribution in [0.2, 0.25) is 0 Å². The van der Waals surface area contributed by atoms with E-state index in [-0.39, 0.29) is 11.1 Å². The highest BCUT2D eigenvalue weighted by Gasteiger charge is 2.32. The number of ether oxygens (including phenoxy) is 1. The van der Waals surface area contributed by atoms with Crippen molar-refractivity contribution in [3.8, 4) is 0 Å². The van der Waals surface area contributed by atoms with Gasteiger partial charge < -0.3 is 14.9 Å². The van der Waals surface area contributed by atoms with E-state index in [1.165, 1.54) is 6.92 Å². The minimum atomic E-state index is -1.70. The maximum atomic E-state index is 10.9. The van der Waals surface area contributed by atoms with Gasteiger partial charge in [-0.3, -0.25) is 0 Å². The van der Waals surface area contributed by atoms with Crippen LogP contribution in [-0.2, 0) is 19.1 Å². The molecule has 0 bridgehead atoms. The molecule has 1 rings (SSSR count). The summed E-state index contributed by atoms with van der Waals surface area (Å²) in [5.74, 6) is -3.12. The van der Waals surface area contributed by atoms with Crippen LogP contribution in [0, 0.1) is 0 Å². The molecule has 1 heterocycles. The Morgan fingerprint density at radius 2 is 2.00 bits per heavy atom. The topological polar surface area (TPSA) is 101 Å². The highest BCUT2D eigenvalue weighted by Crippen LogP contribution is 2.21. The van der Waals surface area contributed by atoms with E-state index < -0.39 is 30.4 Å². The van der Waals surface area contributed by atoms with Crippen molar-refractivity contribution >= 4 is 17.9 Å². The normalized spacial score (nSPS) is 18.4. The Kier molecular flexibility index (Phi) is 2.66. The number of carbonyl (C=O) groups excluding carboxylic acids is 2. The van der Waals surface area contributed by atoms with Gasteiger partial charge in [0.05, 0.1) is 5.57 Å². The Morgan fingerprint density at radius 1 is 1.43 bits per heavy atom. The van der Waals surface area contributed by atoms with Crippen LogP contribution in [0.15, 0.2) is 11.1 Å². The summed E-state index contributed by atoms with van der Waals surface area (Å²) in [4.78, 5) is 32.0. The molecule has 0 saturated carbocycles. The lowest BCUT2D eigenvalue weighted by Gasteiger charge is -2.03. The van der Waals surface area contributed by atoms with Crippen molar-refractivity contribution < 1.29 is 29.3 Å². The van der Waals surface area contributed by atoms with Crippen LogP contribution in [-0.4, -0.2) is 34.2 Å². The fraction of sp³-hybridized carbons (Fsp3) is 0.375. The van der Waals surface area contributed by atoms with Gasteiger partial charge in [-0.25, -0.2) is 14.4 Å². The molecule has 2 N–H and O–H groups in total. The quantitative estimate of drug-likeness (QED) is 0.458. The van der Waals surface area contributed by atoms with Crippen LogP contribution in [0.3, 0.4) is 0 Å². The number of esters is 2. The number of aliphatic hydroxyl groups is 1. The van der Waals surface area contributed by atoms with E-state index in [2.05, 4.69) is 4.74 Å². The second-order valence-corrected chi connectivity index (χ2v) is 2.84. The summed E-state index contributed by atoms with van der Waals surface area (Å²) >= 11 is 0. The van der Waals surface area contributed by atoms with Crippen LogP contribution in [0.25, 0.3) is 0 Å². The molecule has 1 aliphatic rings. The van der Waals surface area contributed by atoms with E-state index in [1.807, 2.05) is 0 Å². The van der Waals surface area contributed by atoms with Crippen molar-refractivity contribution in [2.24, 2.45) is 0 Å². The standard InChI is InChI=1S/C8H8O6/c1-3-4(2-5(9)6(10)11)8(13)14-7(3)12/h5,9H,2H2,1H3,(H,10,11). The molecule has 6 nitrogen and oxygen atoms in total. The van der Waals surface area contributed by atoms with Crippen molar-refractivity contribution in [1.29, 1.82) is 0 Å². The van der Waals surface area contributed by atoms with Gasteiger partial charge in [0, 0.05) is 12.0 Å². The average molecular weight is 200 g/mol. The van der Waals surface area contributed by atoms with Crippen LogP contribution >= 0.6 is 0 Å². The highest BCUT2D eigenvalue weighted by atomic mass is 16.6. The number of carbonyl (C=O) groups is 3. The van der Waals surface area contributed by atoms with Crippen molar-refractivity contribution in [2.75, 3.05) is 0 Å². The fourth-order valence-corrected chi connectivity index (χ4v) is 1.02. The molecule has 0 aliphatic carbocycles. The lowest BCUT2D eigenvalue weighted by molar-refractivity contribution is -0.151. The van der Waals surface area contributed by atoms with Crippen LogP contribution in [0.5, 0.6) is 0 Å². The van der Waals surface area contributed by atoms with Crippen molar-refractivity contribution in [3.63, 3.8) is 0 Å². The third kappa shape index (κ3) is 1.80. The number of carboxylic acids is 1. The van der Waals surface area contributed by atoms with E-state index in [9.17, 15) is 14.4 Å². The molecule has 0 spiro atoms. The van der Waals surface area contributed by atoms with E-state index in [0.717, 1.165) is 0 Å². The zero-order chi connectivity index (χ0) is 10.9. The maximum absolute atomic E-state index is 10.9. The third-order valence-corrected chi connectivity index (χ3v) is 1.87. The predicted octanol–water partition coefficient (Wildman–Crippen LogP) is -0.778. The molecule has 1 aliphatic heterocycles. The summed E-state index contributed by atoms with van der Waals surface area (Å²) in [5.41, 5.74) is -0.0276. The highest BCUT2D eigenvalue weighted by molar-refractivity contribution is 6.12. The predicted molar refractivity (Wildman–Crippen MR) is 42.1 cm³/mol. The summed E-state index contributed by atoms with van der Waals surface area (Å²) in [6, 6.07) is 0. The minimum absolute atomic E-state index is 0.0512. The molecule has 0 aromatic heterocycles. The molecule has 0 fully saturated rings. The van der Waals surface area contributed by atoms with Gasteiger partial charge in [0.2, 0.25) is 0 Å². The van der Waals surface area contributed by atoms with Crippen LogP contribution < -0.4 is 0 Å². The first-order valence-corrected chi connectivity index (χ1v) is 3.80. The second kappa shape index (κ2) is 3.59. The van der Waals surface area contributed by atoms with E-state index in [1.54, 1.807) is 0 Å². The molecule has 0 amide bonds. The molecular formula is C8H8O6. The molecule has 6 heteroatoms. The monoisotopic (exact) mass is 200 g/mol. The number of aliphatic carboxylic acids is 1. The number of aliphatic hydroxyl groups excluding tert-OH is 1. The molecule has 0 aromatic rings. The van der Waals surface area contributed by atoms with Crippen molar-refractivity contribution in [3.05, 3.63) is 11.1 Å². The zero-order valence-corrected chi connectivity index (χ0v) is 7.31. The van der Waals surface area contributed by atoms with Gasteiger partial charge in [-0.05, 0) is 6.92 Å². The van der Waals surface area contributed by atoms with Crippen molar-refractivity contribution in [1.82, 2.24) is 0 Å². The summed E-state index contributed by atoms with van der Waals surface area (Å²) in [6.07, 6.45) is -2.11. The number of hydrogen-bond donors (Lipinski definition) is 2. The fourth-order valence-electron chi connectivity index (χ4n) is 1.02. The first-order chi connectivity index (χ1) is 6.43. The number of cyclic esters (lactones) is 2. The number of rotatable bonds is 3. The van der Waals surface area contributed by atoms with E-state index in [4.69, 9.17) is 10.2 Å². The SMILES string of the molecule is CC1=C(CC(O)C(=O)O)C(=O)OC1=O. The molecule has 14 heavy (non-hydrogen) atoms. The first-order valence-electron chi connectivity index (χ1n) is 3.80. The van der Waals surface area contributed by atoms with Gasteiger partial charge in [-0.15, -0.1) is 0 Å². The van der Waals surface area contributed by atoms with E-state index >= 15 is 0 Å². The lowest BCUT2D eigenvalue weighted by atomic mass is 10.1. The van der Waals surface area contributed by atoms with Gasteiger partial charge >= 0.3 is 17.9 Å². The lowest BCUT2D eigenvalue weighted by Crippen LogP contribution is -2.21. The average Bonchev–Trinajstić information content (AvgIpc) is 2.32. The smallest absolute Gasteiger partial charge is 0.342 e. The van der Waals surface area contributed by atoms with Gasteiger partial charge in [-0.2, -0.15) is 0 Å². The Balaban J connectivity index is 2.83. The van der Waals surface area contributed by atoms with Gasteiger partial charge in [-0.1, -0.05) is 0 Å². The zero-order valence-electron chi connectivity index (χ0n) is 7.31. The van der Waals surface area contributed by atoms with Crippen molar-refractivity contribution in [2.45, 2.75) is 19.4 Å². The summed E-state index contributed by atoms with van der Waals surface area (Å²) in [6.45, 7) is 1.34. The molecule has 0 saturated heterocycles. The summed E-state index contributed by atoms with van der Waals surface area (Å²) in [5, 5.41) is 17.3. The Morgan fingerprint density at radius 3 is 2.36 bits per heavy atom. The van der Waals surface area contributed by atoms with E-state index in [0.29, 0.717) is 0 Å². The van der Waals surface area contributed by atoms with Crippen LogP contribution in [0.4, 0.5) is 0 Å². The molecular weight excluding hydrogens is 192 g/mol. The first kappa shape index (κ1) is 10.4. The van der Waals surface area contributed by atoms with Gasteiger partial charge in [0.1, 0.15) is 0 Å². The Labute approximate surface area is 78.8 Å². The largest absolute Gasteiger partial charge is 0.479 e. The summed E-state index contributed by atoms with van der Waals surface area (Å²) in [7, 11) is 0. The molecule has 0 radical (unpaired) electrons.